The number of halogens is 1. The van der Waals surface area contributed by atoms with Crippen LogP contribution in [0.25, 0.3) is 33.3 Å². The van der Waals surface area contributed by atoms with Crippen molar-refractivity contribution in [2.24, 2.45) is 0 Å². The molecule has 7 heteroatoms. The van der Waals surface area contributed by atoms with Crippen LogP contribution in [-0.4, -0.2) is 39.0 Å². The van der Waals surface area contributed by atoms with Gasteiger partial charge in [0.1, 0.15) is 17.7 Å². The van der Waals surface area contributed by atoms with Crippen molar-refractivity contribution in [3.8, 4) is 28.5 Å². The summed E-state index contributed by atoms with van der Waals surface area (Å²) >= 11 is 0. The minimum atomic E-state index is -0.262. The molecule has 0 unspecified atom stereocenters. The fourth-order valence-corrected chi connectivity index (χ4v) is 5.18. The molecule has 0 atom stereocenters. The van der Waals surface area contributed by atoms with Gasteiger partial charge in [0.15, 0.2) is 0 Å². The Hall–Kier alpha value is -4.67. The van der Waals surface area contributed by atoms with E-state index in [4.69, 9.17) is 10.2 Å². The van der Waals surface area contributed by atoms with Gasteiger partial charge in [-0.25, -0.2) is 19.3 Å². The summed E-state index contributed by atoms with van der Waals surface area (Å²) in [6.07, 6.45) is 3.62. The summed E-state index contributed by atoms with van der Waals surface area (Å²) in [5.74, 6) is 0.625. The molecule has 0 aliphatic carbocycles. The van der Waals surface area contributed by atoms with Gasteiger partial charge in [0.2, 0.25) is 5.82 Å². The van der Waals surface area contributed by atoms with Crippen molar-refractivity contribution in [3.63, 3.8) is 0 Å². The van der Waals surface area contributed by atoms with Crippen molar-refractivity contribution >= 4 is 16.7 Å². The van der Waals surface area contributed by atoms with Gasteiger partial charge < -0.3 is 5.32 Å². The predicted molar refractivity (Wildman–Crippen MR) is 151 cm³/mol. The zero-order valence-corrected chi connectivity index (χ0v) is 21.4. The van der Waals surface area contributed by atoms with E-state index in [1.807, 2.05) is 48.5 Å². The number of rotatable bonds is 6. The molecule has 6 nitrogen and oxygen atoms in total. The van der Waals surface area contributed by atoms with Crippen molar-refractivity contribution in [2.75, 3.05) is 18.4 Å². The van der Waals surface area contributed by atoms with Crippen LogP contribution in [0.2, 0.25) is 0 Å². The standard InChI is InChI=1S/C32H27FN6/c33-28-7-4-8-29-27(28)19-26(23-5-2-1-3-6-23)32(37-29)24-11-9-22(10-12-24)21-39-17-14-25(15-18-39)36-30-13-16-35-31(20-34)38-30/h1-13,16,19,25H,14-15,17-18,21H2,(H,35,36,38). The van der Waals surface area contributed by atoms with Crippen LogP contribution in [0, 0.1) is 17.1 Å². The van der Waals surface area contributed by atoms with Gasteiger partial charge in [-0.15, -0.1) is 0 Å². The lowest BCUT2D eigenvalue weighted by Gasteiger charge is -2.32. The van der Waals surface area contributed by atoms with E-state index in [2.05, 4.69) is 44.5 Å². The van der Waals surface area contributed by atoms with Crippen LogP contribution in [0.15, 0.2) is 91.1 Å². The van der Waals surface area contributed by atoms with Gasteiger partial charge in [-0.05, 0) is 48.2 Å². The highest BCUT2D eigenvalue weighted by atomic mass is 19.1. The maximum Gasteiger partial charge on any atom is 0.234 e. The van der Waals surface area contributed by atoms with Crippen LogP contribution in [0.3, 0.4) is 0 Å². The third kappa shape index (κ3) is 5.47. The van der Waals surface area contributed by atoms with E-state index < -0.39 is 0 Å². The number of anilines is 1. The Balaban J connectivity index is 1.17. The summed E-state index contributed by atoms with van der Waals surface area (Å²) < 4.78 is 14.6. The van der Waals surface area contributed by atoms with Crippen LogP contribution in [0.4, 0.5) is 10.2 Å². The van der Waals surface area contributed by atoms with E-state index in [0.29, 0.717) is 22.8 Å². The molecule has 1 saturated heterocycles. The summed E-state index contributed by atoms with van der Waals surface area (Å²) in [6, 6.07) is 29.7. The third-order valence-electron chi connectivity index (χ3n) is 7.22. The second kappa shape index (κ2) is 11.0. The van der Waals surface area contributed by atoms with Crippen molar-refractivity contribution in [1.82, 2.24) is 19.9 Å². The lowest BCUT2D eigenvalue weighted by atomic mass is 9.96. The Morgan fingerprint density at radius 3 is 2.46 bits per heavy atom. The molecule has 1 aliphatic heterocycles. The molecule has 0 spiro atoms. The van der Waals surface area contributed by atoms with Crippen molar-refractivity contribution in [1.29, 1.82) is 5.26 Å². The van der Waals surface area contributed by atoms with Gasteiger partial charge in [0.25, 0.3) is 0 Å². The topological polar surface area (TPSA) is 77.7 Å². The fourth-order valence-electron chi connectivity index (χ4n) is 5.18. The highest BCUT2D eigenvalue weighted by Crippen LogP contribution is 2.34. The SMILES string of the molecule is N#Cc1nccc(NC2CCN(Cc3ccc(-c4nc5cccc(F)c5cc4-c4ccccc4)cc3)CC2)n1. The first kappa shape index (κ1) is 24.7. The van der Waals surface area contributed by atoms with E-state index in [9.17, 15) is 4.39 Å². The van der Waals surface area contributed by atoms with Crippen molar-refractivity contribution in [2.45, 2.75) is 25.4 Å². The van der Waals surface area contributed by atoms with Gasteiger partial charge in [-0.2, -0.15) is 5.26 Å². The monoisotopic (exact) mass is 514 g/mol. The normalized spacial score (nSPS) is 14.3. The van der Waals surface area contributed by atoms with Gasteiger partial charge >= 0.3 is 0 Å². The second-order valence-corrected chi connectivity index (χ2v) is 9.83. The summed E-state index contributed by atoms with van der Waals surface area (Å²) in [5, 5.41) is 13.0. The minimum absolute atomic E-state index is 0.183. The molecule has 5 aromatic rings. The van der Waals surface area contributed by atoms with E-state index in [1.165, 1.54) is 11.6 Å². The predicted octanol–water partition coefficient (Wildman–Crippen LogP) is 6.45. The summed E-state index contributed by atoms with van der Waals surface area (Å²) in [6.45, 7) is 2.83. The maximum absolute atomic E-state index is 14.6. The lowest BCUT2D eigenvalue weighted by Crippen LogP contribution is -2.38. The average molecular weight is 515 g/mol. The van der Waals surface area contributed by atoms with E-state index in [-0.39, 0.29) is 11.6 Å². The Kier molecular flexibility index (Phi) is 6.94. The molecule has 3 aromatic carbocycles. The van der Waals surface area contributed by atoms with Gasteiger partial charge in [-0.3, -0.25) is 4.90 Å². The van der Waals surface area contributed by atoms with Gasteiger partial charge in [0.05, 0.1) is 11.2 Å². The summed E-state index contributed by atoms with van der Waals surface area (Å²) in [5.41, 5.74) is 5.68. The van der Waals surface area contributed by atoms with Crippen molar-refractivity contribution in [3.05, 3.63) is 108 Å². The van der Waals surface area contributed by atoms with E-state index >= 15 is 0 Å². The molecule has 0 amide bonds. The Bertz CT molecular complexity index is 1640. The zero-order valence-electron chi connectivity index (χ0n) is 21.4. The van der Waals surface area contributed by atoms with Crippen LogP contribution in [0.5, 0.6) is 0 Å². The highest BCUT2D eigenvalue weighted by Gasteiger charge is 2.20. The number of fused-ring (bicyclic) bond motifs is 1. The Morgan fingerprint density at radius 2 is 1.69 bits per heavy atom. The number of pyridine rings is 1. The molecule has 1 fully saturated rings. The molecule has 3 heterocycles. The first-order valence-corrected chi connectivity index (χ1v) is 13.1. The molecule has 192 valence electrons. The maximum atomic E-state index is 14.6. The number of nitrogens with one attached hydrogen (secondary N) is 1. The molecular weight excluding hydrogens is 487 g/mol. The molecule has 6 rings (SSSR count). The highest BCUT2D eigenvalue weighted by molar-refractivity contribution is 5.91. The Morgan fingerprint density at radius 1 is 0.897 bits per heavy atom. The van der Waals surface area contributed by atoms with Gasteiger partial charge in [0, 0.05) is 48.4 Å². The van der Waals surface area contributed by atoms with Crippen LogP contribution >= 0.6 is 0 Å². The van der Waals surface area contributed by atoms with Crippen LogP contribution in [-0.2, 0) is 6.54 Å². The van der Waals surface area contributed by atoms with Crippen molar-refractivity contribution < 1.29 is 4.39 Å². The van der Waals surface area contributed by atoms with Gasteiger partial charge in [-0.1, -0.05) is 60.7 Å². The molecule has 39 heavy (non-hydrogen) atoms. The first-order chi connectivity index (χ1) is 19.2. The number of hydrogen-bond donors (Lipinski definition) is 1. The zero-order chi connectivity index (χ0) is 26.6. The van der Waals surface area contributed by atoms with Crippen LogP contribution in [0.1, 0.15) is 24.2 Å². The minimum Gasteiger partial charge on any atom is -0.367 e. The second-order valence-electron chi connectivity index (χ2n) is 9.83. The van der Waals surface area contributed by atoms with Crippen LogP contribution < -0.4 is 5.32 Å². The number of piperidine rings is 1. The molecule has 1 N–H and O–H groups in total. The summed E-state index contributed by atoms with van der Waals surface area (Å²) in [7, 11) is 0. The average Bonchev–Trinajstić information content (AvgIpc) is 2.99. The number of nitriles is 1. The number of aromatic nitrogens is 3. The van der Waals surface area contributed by atoms with E-state index in [1.54, 1.807) is 18.3 Å². The smallest absolute Gasteiger partial charge is 0.234 e. The number of hydrogen-bond acceptors (Lipinski definition) is 6. The third-order valence-corrected chi connectivity index (χ3v) is 7.22. The molecule has 0 bridgehead atoms. The molecule has 0 saturated carbocycles. The quantitative estimate of drug-likeness (QED) is 0.281. The number of nitrogens with zero attached hydrogens (tertiary/aromatic N) is 5. The molecule has 2 aromatic heterocycles. The lowest BCUT2D eigenvalue weighted by molar-refractivity contribution is 0.211. The Labute approximate surface area is 226 Å². The summed E-state index contributed by atoms with van der Waals surface area (Å²) in [4.78, 5) is 15.5. The molecule has 0 radical (unpaired) electrons. The molecule has 1 aliphatic rings. The number of likely N-dealkylation sites (tertiary alicyclic amines) is 1. The van der Waals surface area contributed by atoms with E-state index in [0.717, 1.165) is 54.9 Å². The largest absolute Gasteiger partial charge is 0.367 e. The first-order valence-electron chi connectivity index (χ1n) is 13.1. The number of benzene rings is 3. The molecular formula is C32H27FN6. The fraction of sp³-hybridized carbons (Fsp3) is 0.188.